The number of urea groups is 1. The lowest BCUT2D eigenvalue weighted by Crippen LogP contribution is -2.41. The SMILES string of the molecule is CC(C)CNC(=O)NC(=O)CSc1c(N)cccc1Cl. The number of anilines is 1. The van der Waals surface area contributed by atoms with E-state index in [1.165, 1.54) is 11.8 Å². The van der Waals surface area contributed by atoms with E-state index in [9.17, 15) is 9.59 Å². The van der Waals surface area contributed by atoms with Crippen LogP contribution in [0.1, 0.15) is 13.8 Å². The van der Waals surface area contributed by atoms with Gasteiger partial charge in [-0.05, 0) is 18.1 Å². The molecule has 0 aliphatic rings. The predicted molar refractivity (Wildman–Crippen MR) is 83.0 cm³/mol. The van der Waals surface area contributed by atoms with E-state index in [1.54, 1.807) is 18.2 Å². The zero-order chi connectivity index (χ0) is 15.1. The molecule has 0 spiro atoms. The summed E-state index contributed by atoms with van der Waals surface area (Å²) >= 11 is 7.19. The number of nitrogens with one attached hydrogen (secondary N) is 2. The Morgan fingerprint density at radius 1 is 1.40 bits per heavy atom. The number of carbonyl (C=O) groups is 2. The van der Waals surface area contributed by atoms with Gasteiger partial charge in [-0.3, -0.25) is 10.1 Å². The summed E-state index contributed by atoms with van der Waals surface area (Å²) in [5.41, 5.74) is 6.29. The van der Waals surface area contributed by atoms with Gasteiger partial charge < -0.3 is 11.1 Å². The number of nitrogens with two attached hydrogens (primary N) is 1. The van der Waals surface area contributed by atoms with Crippen molar-refractivity contribution in [3.63, 3.8) is 0 Å². The number of thioether (sulfide) groups is 1. The van der Waals surface area contributed by atoms with Gasteiger partial charge in [0.15, 0.2) is 0 Å². The zero-order valence-electron chi connectivity index (χ0n) is 11.4. The minimum absolute atomic E-state index is 0.0725. The van der Waals surface area contributed by atoms with Crippen LogP contribution in [0.5, 0.6) is 0 Å². The lowest BCUT2D eigenvalue weighted by Gasteiger charge is -2.09. The maximum Gasteiger partial charge on any atom is 0.321 e. The Labute approximate surface area is 127 Å². The third-order valence-corrected chi connectivity index (χ3v) is 3.85. The Balaban J connectivity index is 2.42. The van der Waals surface area contributed by atoms with Crippen LogP contribution < -0.4 is 16.4 Å². The molecule has 0 saturated carbocycles. The predicted octanol–water partition coefficient (Wildman–Crippen LogP) is 2.50. The van der Waals surface area contributed by atoms with Crippen molar-refractivity contribution in [3.8, 4) is 0 Å². The molecule has 0 radical (unpaired) electrons. The topological polar surface area (TPSA) is 84.2 Å². The fraction of sp³-hybridized carbons (Fsp3) is 0.385. The first-order chi connectivity index (χ1) is 9.40. The second kappa shape index (κ2) is 8.01. The average Bonchev–Trinajstić information content (AvgIpc) is 2.35. The van der Waals surface area contributed by atoms with Crippen molar-refractivity contribution < 1.29 is 9.59 Å². The second-order valence-electron chi connectivity index (χ2n) is 4.60. The first-order valence-electron chi connectivity index (χ1n) is 6.14. The number of imide groups is 1. The molecule has 5 nitrogen and oxygen atoms in total. The highest BCUT2D eigenvalue weighted by atomic mass is 35.5. The monoisotopic (exact) mass is 315 g/mol. The summed E-state index contributed by atoms with van der Waals surface area (Å²) in [5.74, 6) is 0.00646. The molecule has 1 aromatic rings. The number of hydrogen-bond acceptors (Lipinski definition) is 4. The third-order valence-electron chi connectivity index (χ3n) is 2.27. The average molecular weight is 316 g/mol. The van der Waals surface area contributed by atoms with Crippen LogP contribution in [0.4, 0.5) is 10.5 Å². The fourth-order valence-electron chi connectivity index (χ4n) is 1.32. The van der Waals surface area contributed by atoms with Crippen LogP contribution in [0.15, 0.2) is 23.1 Å². The van der Waals surface area contributed by atoms with Crippen molar-refractivity contribution in [1.82, 2.24) is 10.6 Å². The van der Waals surface area contributed by atoms with Crippen molar-refractivity contribution in [1.29, 1.82) is 0 Å². The lowest BCUT2D eigenvalue weighted by atomic mass is 10.2. The van der Waals surface area contributed by atoms with Crippen molar-refractivity contribution in [2.45, 2.75) is 18.7 Å². The normalized spacial score (nSPS) is 10.4. The molecule has 0 fully saturated rings. The highest BCUT2D eigenvalue weighted by molar-refractivity contribution is 8.00. The number of benzene rings is 1. The molecular formula is C13H18ClN3O2S. The first-order valence-corrected chi connectivity index (χ1v) is 7.51. The molecule has 1 rings (SSSR count). The standard InChI is InChI=1S/C13H18ClN3O2S/c1-8(2)6-16-13(19)17-11(18)7-20-12-9(14)4-3-5-10(12)15/h3-5,8H,6-7,15H2,1-2H3,(H2,16,17,18,19). The fourth-order valence-corrected chi connectivity index (χ4v) is 2.45. The number of carbonyl (C=O) groups excluding carboxylic acids is 2. The van der Waals surface area contributed by atoms with Crippen molar-refractivity contribution >= 4 is 41.0 Å². The number of hydrogen-bond donors (Lipinski definition) is 3. The summed E-state index contributed by atoms with van der Waals surface area (Å²) in [7, 11) is 0. The van der Waals surface area contributed by atoms with E-state index in [-0.39, 0.29) is 5.75 Å². The largest absolute Gasteiger partial charge is 0.398 e. The third kappa shape index (κ3) is 5.71. The van der Waals surface area contributed by atoms with Crippen molar-refractivity contribution in [2.75, 3.05) is 18.0 Å². The quantitative estimate of drug-likeness (QED) is 0.576. The Bertz CT molecular complexity index is 474. The van der Waals surface area contributed by atoms with Crippen LogP contribution in [0.2, 0.25) is 5.02 Å². The maximum atomic E-state index is 11.6. The Morgan fingerprint density at radius 3 is 2.70 bits per heavy atom. The minimum Gasteiger partial charge on any atom is -0.398 e. The highest BCUT2D eigenvalue weighted by Crippen LogP contribution is 2.32. The molecule has 0 aromatic heterocycles. The Kier molecular flexibility index (Phi) is 6.67. The van der Waals surface area contributed by atoms with E-state index in [4.69, 9.17) is 17.3 Å². The molecule has 0 atom stereocenters. The number of rotatable bonds is 5. The Morgan fingerprint density at radius 2 is 2.10 bits per heavy atom. The second-order valence-corrected chi connectivity index (χ2v) is 5.99. The summed E-state index contributed by atoms with van der Waals surface area (Å²) in [4.78, 5) is 23.7. The van der Waals surface area contributed by atoms with Crippen LogP contribution in [0, 0.1) is 5.92 Å². The molecule has 110 valence electrons. The number of amides is 3. The van der Waals surface area contributed by atoms with Gasteiger partial charge in [-0.25, -0.2) is 4.79 Å². The van der Waals surface area contributed by atoms with Gasteiger partial charge in [-0.15, -0.1) is 11.8 Å². The smallest absolute Gasteiger partial charge is 0.321 e. The van der Waals surface area contributed by atoms with Gasteiger partial charge in [0.2, 0.25) is 5.91 Å². The van der Waals surface area contributed by atoms with Crippen molar-refractivity contribution in [3.05, 3.63) is 23.2 Å². The van der Waals surface area contributed by atoms with Gasteiger partial charge in [0.25, 0.3) is 0 Å². The molecule has 3 amide bonds. The minimum atomic E-state index is -0.489. The van der Waals surface area contributed by atoms with E-state index in [2.05, 4.69) is 10.6 Å². The van der Waals surface area contributed by atoms with Gasteiger partial charge in [0, 0.05) is 17.1 Å². The zero-order valence-corrected chi connectivity index (χ0v) is 13.0. The Hall–Kier alpha value is -1.40. The summed E-state index contributed by atoms with van der Waals surface area (Å²) in [6.07, 6.45) is 0. The van der Waals surface area contributed by atoms with Gasteiger partial charge in [-0.2, -0.15) is 0 Å². The highest BCUT2D eigenvalue weighted by Gasteiger charge is 2.11. The van der Waals surface area contributed by atoms with Gasteiger partial charge in [-0.1, -0.05) is 31.5 Å². The molecule has 0 bridgehead atoms. The first kappa shape index (κ1) is 16.7. The van der Waals surface area contributed by atoms with E-state index in [1.807, 2.05) is 13.8 Å². The van der Waals surface area contributed by atoms with E-state index >= 15 is 0 Å². The molecule has 20 heavy (non-hydrogen) atoms. The van der Waals surface area contributed by atoms with Crippen LogP contribution in [-0.4, -0.2) is 24.2 Å². The molecule has 0 aliphatic carbocycles. The van der Waals surface area contributed by atoms with Crippen LogP contribution >= 0.6 is 23.4 Å². The van der Waals surface area contributed by atoms with Crippen molar-refractivity contribution in [2.24, 2.45) is 5.92 Å². The summed E-state index contributed by atoms with van der Waals surface area (Å²) in [5, 5.41) is 5.35. The van der Waals surface area contributed by atoms with Crippen LogP contribution in [0.3, 0.4) is 0 Å². The molecule has 0 unspecified atom stereocenters. The molecule has 0 aliphatic heterocycles. The molecule has 1 aromatic carbocycles. The van der Waals surface area contributed by atoms with Gasteiger partial charge >= 0.3 is 6.03 Å². The molecule has 0 heterocycles. The number of halogens is 1. The molecular weight excluding hydrogens is 298 g/mol. The van der Waals surface area contributed by atoms with E-state index < -0.39 is 11.9 Å². The van der Waals surface area contributed by atoms with Crippen LogP contribution in [-0.2, 0) is 4.79 Å². The molecule has 4 N–H and O–H groups in total. The summed E-state index contributed by atoms with van der Waals surface area (Å²) in [6.45, 7) is 4.46. The lowest BCUT2D eigenvalue weighted by molar-refractivity contribution is -0.117. The summed E-state index contributed by atoms with van der Waals surface area (Å²) in [6, 6.07) is 4.66. The number of nitrogen functional groups attached to an aromatic ring is 1. The maximum absolute atomic E-state index is 11.6. The van der Waals surface area contributed by atoms with E-state index in [0.717, 1.165) is 0 Å². The van der Waals surface area contributed by atoms with Gasteiger partial charge in [0.1, 0.15) is 0 Å². The van der Waals surface area contributed by atoms with Crippen LogP contribution in [0.25, 0.3) is 0 Å². The molecule has 7 heteroatoms. The van der Waals surface area contributed by atoms with E-state index in [0.29, 0.717) is 28.1 Å². The molecule has 0 saturated heterocycles. The van der Waals surface area contributed by atoms with Gasteiger partial charge in [0.05, 0.1) is 10.8 Å². The summed E-state index contributed by atoms with van der Waals surface area (Å²) < 4.78 is 0.